The fourth-order valence-electron chi connectivity index (χ4n) is 17.6. The second kappa shape index (κ2) is 22.4. The minimum Gasteiger partial charge on any atom is -0.332 e. The predicted octanol–water partition coefficient (Wildman–Crippen LogP) is 23.4. The molecule has 21 aromatic rings. The summed E-state index contributed by atoms with van der Waals surface area (Å²) in [6.45, 7) is 0. The van der Waals surface area contributed by atoms with Gasteiger partial charge in [-0.15, -0.1) is 0 Å². The first-order valence-corrected chi connectivity index (χ1v) is 35.4. The van der Waals surface area contributed by atoms with Gasteiger partial charge in [-0.3, -0.25) is 0 Å². The number of hydrogen-bond donors (Lipinski definition) is 0. The van der Waals surface area contributed by atoms with Crippen molar-refractivity contribution in [3.63, 3.8) is 0 Å². The molecule has 7 aromatic heterocycles. The zero-order chi connectivity index (χ0) is 68.3. The van der Waals surface area contributed by atoms with E-state index in [-0.39, 0.29) is 6.04 Å². The molecule has 14 aromatic carbocycles. The third kappa shape index (κ3) is 8.11. The Labute approximate surface area is 595 Å². The maximum atomic E-state index is 13.2. The van der Waals surface area contributed by atoms with Crippen molar-refractivity contribution in [3.8, 4) is 68.7 Å². The van der Waals surface area contributed by atoms with Crippen molar-refractivity contribution >= 4 is 131 Å². The second-order valence-corrected chi connectivity index (χ2v) is 27.2. The Morgan fingerprint density at radius 3 is 0.923 bits per heavy atom. The molecule has 0 amide bonds. The van der Waals surface area contributed by atoms with Crippen LogP contribution >= 0.6 is 0 Å². The lowest BCUT2D eigenvalue weighted by Crippen LogP contribution is -2.08. The van der Waals surface area contributed by atoms with Crippen LogP contribution in [0.2, 0.25) is 0 Å². The molecule has 0 radical (unpaired) electrons. The van der Waals surface area contributed by atoms with Crippen LogP contribution in [0.15, 0.2) is 334 Å². The Morgan fingerprint density at radius 2 is 0.577 bits per heavy atom. The molecule has 104 heavy (non-hydrogen) atoms. The number of fused-ring (bicyclic) bond motifs is 24. The summed E-state index contributed by atoms with van der Waals surface area (Å²) in [5.74, 6) is 1.51. The molecule has 0 spiro atoms. The van der Waals surface area contributed by atoms with Crippen LogP contribution in [0.5, 0.6) is 0 Å². The Morgan fingerprint density at radius 1 is 0.288 bits per heavy atom. The van der Waals surface area contributed by atoms with Crippen molar-refractivity contribution in [1.82, 2.24) is 42.4 Å². The molecular formula is C94H58N10. The highest BCUT2D eigenvalue weighted by Gasteiger charge is 2.34. The fraction of sp³-hybridized carbons (Fsp3) is 0.0213. The number of benzene rings is 14. The maximum Gasteiger partial charge on any atom is 0.164 e. The van der Waals surface area contributed by atoms with Crippen molar-refractivity contribution in [2.75, 3.05) is 0 Å². The molecule has 22 rings (SSSR count). The van der Waals surface area contributed by atoms with Gasteiger partial charge in [0, 0.05) is 104 Å². The average Bonchev–Trinajstić information content (AvgIpc) is 1.51. The lowest BCUT2D eigenvalue weighted by Gasteiger charge is -2.20. The number of aromatic nitrogens is 9. The molecule has 1 atom stereocenters. The normalized spacial score (nSPS) is 13.4. The largest absolute Gasteiger partial charge is 0.332 e. The number of rotatable bonds is 9. The molecule has 0 N–H and O–H groups in total. The molecule has 1 aliphatic carbocycles. The molecular weight excluding hydrogens is 1270 g/mol. The molecule has 1 unspecified atom stereocenters. The van der Waals surface area contributed by atoms with Crippen molar-refractivity contribution in [2.45, 2.75) is 12.5 Å². The minimum atomic E-state index is -0.0159. The van der Waals surface area contributed by atoms with Crippen LogP contribution in [0.3, 0.4) is 0 Å². The summed E-state index contributed by atoms with van der Waals surface area (Å²) in [6.07, 6.45) is 9.82. The van der Waals surface area contributed by atoms with E-state index in [4.69, 9.17) is 15.0 Å². The van der Waals surface area contributed by atoms with Crippen molar-refractivity contribution in [1.29, 1.82) is 5.26 Å². The van der Waals surface area contributed by atoms with Crippen LogP contribution in [0.25, 0.3) is 193 Å². The molecule has 0 saturated carbocycles. The summed E-state index contributed by atoms with van der Waals surface area (Å²) in [5.41, 5.74) is 19.8. The zero-order valence-corrected chi connectivity index (χ0v) is 56.0. The summed E-state index contributed by atoms with van der Waals surface area (Å²) in [4.78, 5) is 16.5. The van der Waals surface area contributed by atoms with Crippen LogP contribution < -0.4 is 0 Å². The van der Waals surface area contributed by atoms with E-state index in [2.05, 4.69) is 331 Å². The third-order valence-electron chi connectivity index (χ3n) is 21.7. The monoisotopic (exact) mass is 1330 g/mol. The van der Waals surface area contributed by atoms with Gasteiger partial charge in [0.2, 0.25) is 0 Å². The van der Waals surface area contributed by atoms with Gasteiger partial charge in [-0.05, 0) is 91.3 Å². The number of para-hydroxylation sites is 9. The highest BCUT2D eigenvalue weighted by atomic mass is 15.1. The molecule has 0 saturated heterocycles. The van der Waals surface area contributed by atoms with Crippen molar-refractivity contribution in [2.24, 2.45) is 0 Å². The van der Waals surface area contributed by atoms with Gasteiger partial charge in [-0.2, -0.15) is 5.26 Å². The second-order valence-electron chi connectivity index (χ2n) is 27.2. The summed E-state index contributed by atoms with van der Waals surface area (Å²) < 4.78 is 14.9. The summed E-state index contributed by atoms with van der Waals surface area (Å²) in [6, 6.07) is 113. The molecule has 7 heterocycles. The smallest absolute Gasteiger partial charge is 0.164 e. The van der Waals surface area contributed by atoms with Crippen LogP contribution in [0.1, 0.15) is 18.0 Å². The number of hydrogen-bond acceptors (Lipinski definition) is 4. The van der Waals surface area contributed by atoms with Gasteiger partial charge in [0.1, 0.15) is 11.6 Å². The Balaban J connectivity index is 0.994. The Bertz CT molecular complexity index is 7170. The fourth-order valence-corrected chi connectivity index (χ4v) is 17.6. The first-order chi connectivity index (χ1) is 51.7. The minimum absolute atomic E-state index is 0.0159. The number of allylic oxidation sites excluding steroid dienone is 4. The lowest BCUT2D eigenvalue weighted by molar-refractivity contribution is 0.649. The first-order valence-electron chi connectivity index (χ1n) is 35.4. The van der Waals surface area contributed by atoms with Crippen LogP contribution in [-0.4, -0.2) is 42.4 Å². The maximum absolute atomic E-state index is 13.2. The van der Waals surface area contributed by atoms with Gasteiger partial charge in [0.25, 0.3) is 0 Å². The molecule has 0 bridgehead atoms. The molecule has 484 valence electrons. The Hall–Kier alpha value is -14.1. The lowest BCUT2D eigenvalue weighted by atomic mass is 10.0. The van der Waals surface area contributed by atoms with Crippen molar-refractivity contribution < 1.29 is 0 Å². The highest BCUT2D eigenvalue weighted by Crippen LogP contribution is 2.54. The van der Waals surface area contributed by atoms with Gasteiger partial charge in [0.05, 0.1) is 78.1 Å². The van der Waals surface area contributed by atoms with Gasteiger partial charge in [0.15, 0.2) is 17.5 Å². The van der Waals surface area contributed by atoms with Crippen LogP contribution in [-0.2, 0) is 0 Å². The van der Waals surface area contributed by atoms with Gasteiger partial charge < -0.3 is 27.4 Å². The van der Waals surface area contributed by atoms with Gasteiger partial charge in [-0.25, -0.2) is 15.0 Å². The van der Waals surface area contributed by atoms with Gasteiger partial charge >= 0.3 is 0 Å². The van der Waals surface area contributed by atoms with Crippen molar-refractivity contribution in [3.05, 3.63) is 339 Å². The predicted molar refractivity (Wildman–Crippen MR) is 427 cm³/mol. The van der Waals surface area contributed by atoms with Crippen LogP contribution in [0.4, 0.5) is 0 Å². The average molecular weight is 1330 g/mol. The molecule has 0 fully saturated rings. The van der Waals surface area contributed by atoms with E-state index >= 15 is 0 Å². The number of nitrogens with zero attached hydrogens (tertiary/aromatic N) is 10. The molecule has 1 aliphatic rings. The first kappa shape index (κ1) is 57.7. The van der Waals surface area contributed by atoms with Gasteiger partial charge in [-0.1, -0.05) is 249 Å². The van der Waals surface area contributed by atoms with Crippen LogP contribution in [0, 0.1) is 11.3 Å². The quantitative estimate of drug-likeness (QED) is 0.144. The van der Waals surface area contributed by atoms with E-state index in [1.165, 1.54) is 10.8 Å². The Kier molecular flexibility index (Phi) is 12.5. The van der Waals surface area contributed by atoms with E-state index in [9.17, 15) is 5.26 Å². The van der Waals surface area contributed by atoms with E-state index in [0.29, 0.717) is 40.0 Å². The van der Waals surface area contributed by atoms with E-state index in [1.807, 2.05) is 36.4 Å². The van der Waals surface area contributed by atoms with E-state index < -0.39 is 0 Å². The third-order valence-corrected chi connectivity index (χ3v) is 21.7. The summed E-state index contributed by atoms with van der Waals surface area (Å²) in [7, 11) is 0. The molecule has 10 heteroatoms. The summed E-state index contributed by atoms with van der Waals surface area (Å²) in [5, 5.41) is 26.3. The summed E-state index contributed by atoms with van der Waals surface area (Å²) >= 11 is 0. The molecule has 10 nitrogen and oxygen atoms in total. The molecule has 0 aliphatic heterocycles. The zero-order valence-electron chi connectivity index (χ0n) is 56.0. The van der Waals surface area contributed by atoms with E-state index in [1.54, 1.807) is 0 Å². The standard InChI is InChI=1S/C94H58N10/c95-57-71-78(103-76-53-29-23-47-69(76)84-88-80(65-43-19-25-49-72(65)99(88)61-35-11-3-12-36-61)86-82(90(84)103)67-45-21-27-51-74(67)101(86)63-39-15-5-16-40-63)55-60(94-97-92(58-31-7-1-8-32-58)96-93(98-94)59-33-9-2-10-34-59)56-79(71)104-77-54-30-24-48-70(77)85-89-81(66-44-20-26-50-73(66)100(89)62-37-13-4-14-38-62)87-83(91(85)104)68-46-22-28-52-75(68)102(87)64-41-17-6-18-42-64/h1-37,39-56,62H,38H2. The SMILES string of the molecule is N#Cc1c(-n2c3ccccc3c3c4c(c5ccccc5n4-c4ccccc4)c4c(c5ccccc5n4-c4ccccc4)c32)cc(-c2nc(-c3ccccc3)nc(-c3ccccc3)n2)cc1-n1c2ccccc2c2c1c1c3ccccc3n(-c3ccccc3)c1c1c3ccccc3n(C3C=CC=CC3)c12. The topological polar surface area (TPSA) is 92.0 Å². The van der Waals surface area contributed by atoms with E-state index in [0.717, 1.165) is 155 Å². The number of nitriles is 1. The highest BCUT2D eigenvalue weighted by molar-refractivity contribution is 6.42.